The lowest BCUT2D eigenvalue weighted by Crippen LogP contribution is -2.49. The van der Waals surface area contributed by atoms with Gasteiger partial charge in [-0.05, 0) is 38.0 Å². The Kier molecular flexibility index (Phi) is 4.60. The Morgan fingerprint density at radius 2 is 2.35 bits per heavy atom. The third-order valence-electron chi connectivity index (χ3n) is 4.29. The van der Waals surface area contributed by atoms with Crippen molar-refractivity contribution in [1.82, 2.24) is 14.9 Å². The molecule has 1 aromatic heterocycles. The molecule has 2 unspecified atom stereocenters. The van der Waals surface area contributed by atoms with E-state index >= 15 is 0 Å². The number of imidazole rings is 1. The largest absolute Gasteiger partial charge is 0.369 e. The summed E-state index contributed by atoms with van der Waals surface area (Å²) >= 11 is 0. The van der Waals surface area contributed by atoms with Crippen LogP contribution < -0.4 is 10.2 Å². The van der Waals surface area contributed by atoms with E-state index < -0.39 is 0 Å². The molecule has 1 fully saturated rings. The van der Waals surface area contributed by atoms with Crippen molar-refractivity contribution in [3.8, 4) is 0 Å². The van der Waals surface area contributed by atoms with Crippen LogP contribution in [0.25, 0.3) is 0 Å². The van der Waals surface area contributed by atoms with Gasteiger partial charge in [0.05, 0.1) is 6.33 Å². The number of amides is 1. The van der Waals surface area contributed by atoms with Crippen molar-refractivity contribution in [2.75, 3.05) is 18.0 Å². The quantitative estimate of drug-likeness (QED) is 0.942. The molecule has 23 heavy (non-hydrogen) atoms. The second kappa shape index (κ2) is 6.81. The molecule has 6 heteroatoms. The van der Waals surface area contributed by atoms with E-state index in [1.54, 1.807) is 29.4 Å². The van der Waals surface area contributed by atoms with Crippen molar-refractivity contribution >= 4 is 11.6 Å². The highest BCUT2D eigenvalue weighted by molar-refractivity contribution is 5.80. The van der Waals surface area contributed by atoms with Gasteiger partial charge in [-0.15, -0.1) is 0 Å². The minimum absolute atomic E-state index is 0.0194. The number of aromatic nitrogens is 2. The predicted molar refractivity (Wildman–Crippen MR) is 86.7 cm³/mol. The van der Waals surface area contributed by atoms with Crippen LogP contribution in [0.15, 0.2) is 43.0 Å². The number of hydrogen-bond acceptors (Lipinski definition) is 3. The number of nitrogens with zero attached hydrogens (tertiary/aromatic N) is 3. The Hall–Kier alpha value is -2.37. The van der Waals surface area contributed by atoms with E-state index in [1.807, 2.05) is 13.0 Å². The maximum Gasteiger partial charge on any atom is 0.243 e. The molecule has 122 valence electrons. The molecule has 0 bridgehead atoms. The average molecular weight is 316 g/mol. The number of benzene rings is 1. The number of piperidine rings is 1. The zero-order chi connectivity index (χ0) is 16.2. The molecule has 1 saturated heterocycles. The highest BCUT2D eigenvalue weighted by Crippen LogP contribution is 2.21. The third-order valence-corrected chi connectivity index (χ3v) is 4.29. The van der Waals surface area contributed by atoms with Crippen LogP contribution in [-0.2, 0) is 4.79 Å². The molecule has 1 amide bonds. The second-order valence-electron chi connectivity index (χ2n) is 5.96. The standard InChI is InChI=1S/C17H21FN4O/c1-13(22-9-7-19-12-22)17(23)20-15-5-3-8-21(11-15)16-6-2-4-14(18)10-16/h2,4,6-7,9-10,12-13,15H,3,5,8,11H2,1H3,(H,20,23). The number of carbonyl (C=O) groups excluding carboxylic acids is 1. The van der Waals surface area contributed by atoms with Gasteiger partial charge in [-0.25, -0.2) is 9.37 Å². The Balaban J connectivity index is 1.61. The van der Waals surface area contributed by atoms with Crippen LogP contribution in [0.2, 0.25) is 0 Å². The van der Waals surface area contributed by atoms with Crippen LogP contribution in [0, 0.1) is 5.82 Å². The lowest BCUT2D eigenvalue weighted by molar-refractivity contribution is -0.124. The lowest BCUT2D eigenvalue weighted by atomic mass is 10.0. The summed E-state index contributed by atoms with van der Waals surface area (Å²) in [5.41, 5.74) is 0.867. The highest BCUT2D eigenvalue weighted by atomic mass is 19.1. The molecule has 3 rings (SSSR count). The van der Waals surface area contributed by atoms with Crippen LogP contribution in [0.1, 0.15) is 25.8 Å². The first kappa shape index (κ1) is 15.5. The first-order valence-corrected chi connectivity index (χ1v) is 7.92. The molecule has 1 aliphatic rings. The van der Waals surface area contributed by atoms with Gasteiger partial charge in [-0.3, -0.25) is 4.79 Å². The van der Waals surface area contributed by atoms with Crippen molar-refractivity contribution < 1.29 is 9.18 Å². The monoisotopic (exact) mass is 316 g/mol. The molecule has 2 atom stereocenters. The molecule has 2 heterocycles. The van der Waals surface area contributed by atoms with Crippen molar-refractivity contribution in [3.05, 3.63) is 48.8 Å². The number of carbonyl (C=O) groups is 1. The number of halogens is 1. The van der Waals surface area contributed by atoms with Crippen LogP contribution >= 0.6 is 0 Å². The van der Waals surface area contributed by atoms with Crippen LogP contribution in [0.4, 0.5) is 10.1 Å². The van der Waals surface area contributed by atoms with E-state index in [0.717, 1.165) is 25.1 Å². The number of hydrogen-bond donors (Lipinski definition) is 1. The molecule has 2 aromatic rings. The van der Waals surface area contributed by atoms with Crippen molar-refractivity contribution in [3.63, 3.8) is 0 Å². The van der Waals surface area contributed by atoms with Crippen molar-refractivity contribution in [1.29, 1.82) is 0 Å². The van der Waals surface area contributed by atoms with Gasteiger partial charge in [-0.2, -0.15) is 0 Å². The van der Waals surface area contributed by atoms with E-state index in [1.165, 1.54) is 12.1 Å². The molecule has 1 N–H and O–H groups in total. The Morgan fingerprint density at radius 1 is 1.48 bits per heavy atom. The van der Waals surface area contributed by atoms with Gasteiger partial charge in [0.15, 0.2) is 0 Å². The Labute approximate surface area is 135 Å². The third kappa shape index (κ3) is 3.70. The normalized spacial score (nSPS) is 19.4. The fourth-order valence-electron chi connectivity index (χ4n) is 2.96. The summed E-state index contributed by atoms with van der Waals surface area (Å²) in [7, 11) is 0. The van der Waals surface area contributed by atoms with Gasteiger partial charge >= 0.3 is 0 Å². The maximum atomic E-state index is 13.4. The van der Waals surface area contributed by atoms with Gasteiger partial charge in [0.2, 0.25) is 5.91 Å². The van der Waals surface area contributed by atoms with Crippen molar-refractivity contribution in [2.24, 2.45) is 0 Å². The number of nitrogens with one attached hydrogen (secondary N) is 1. The maximum absolute atomic E-state index is 13.4. The van der Waals surface area contributed by atoms with Gasteiger partial charge in [0, 0.05) is 37.2 Å². The van der Waals surface area contributed by atoms with Crippen LogP contribution in [0.3, 0.4) is 0 Å². The van der Waals surface area contributed by atoms with E-state index in [-0.39, 0.29) is 23.8 Å². The molecule has 0 aliphatic carbocycles. The molecular weight excluding hydrogens is 295 g/mol. The smallest absolute Gasteiger partial charge is 0.243 e. The van der Waals surface area contributed by atoms with Gasteiger partial charge in [0.1, 0.15) is 11.9 Å². The predicted octanol–water partition coefficient (Wildman–Crippen LogP) is 2.37. The molecule has 0 radical (unpaired) electrons. The zero-order valence-electron chi connectivity index (χ0n) is 13.2. The van der Waals surface area contributed by atoms with E-state index in [0.29, 0.717) is 6.54 Å². The van der Waals surface area contributed by atoms with Gasteiger partial charge in [-0.1, -0.05) is 6.07 Å². The summed E-state index contributed by atoms with van der Waals surface area (Å²) in [6.45, 7) is 3.43. The van der Waals surface area contributed by atoms with E-state index in [9.17, 15) is 9.18 Å². The summed E-state index contributed by atoms with van der Waals surface area (Å²) in [5.74, 6) is -0.253. The molecule has 0 spiro atoms. The Morgan fingerprint density at radius 3 is 3.09 bits per heavy atom. The summed E-state index contributed by atoms with van der Waals surface area (Å²) in [5, 5.41) is 3.10. The SMILES string of the molecule is CC(C(=O)NC1CCCN(c2cccc(F)c2)C1)n1ccnc1. The fraction of sp³-hybridized carbons (Fsp3) is 0.412. The van der Waals surface area contributed by atoms with E-state index in [2.05, 4.69) is 15.2 Å². The van der Waals surface area contributed by atoms with Crippen LogP contribution in [0.5, 0.6) is 0 Å². The molecule has 0 saturated carbocycles. The fourth-order valence-corrected chi connectivity index (χ4v) is 2.96. The first-order valence-electron chi connectivity index (χ1n) is 7.92. The summed E-state index contributed by atoms with van der Waals surface area (Å²) < 4.78 is 15.2. The first-order chi connectivity index (χ1) is 11.1. The minimum atomic E-state index is -0.290. The number of anilines is 1. The lowest BCUT2D eigenvalue weighted by Gasteiger charge is -2.35. The molecular formula is C17H21FN4O. The topological polar surface area (TPSA) is 50.2 Å². The summed E-state index contributed by atoms with van der Waals surface area (Å²) in [4.78, 5) is 18.5. The van der Waals surface area contributed by atoms with E-state index in [4.69, 9.17) is 0 Å². The number of rotatable bonds is 4. The molecule has 1 aromatic carbocycles. The van der Waals surface area contributed by atoms with Gasteiger partial charge in [0.25, 0.3) is 0 Å². The average Bonchev–Trinajstić information content (AvgIpc) is 3.09. The van der Waals surface area contributed by atoms with Crippen molar-refractivity contribution in [2.45, 2.75) is 31.8 Å². The minimum Gasteiger partial charge on any atom is -0.369 e. The molecule has 1 aliphatic heterocycles. The van der Waals surface area contributed by atoms with Crippen LogP contribution in [-0.4, -0.2) is 34.6 Å². The molecule has 5 nitrogen and oxygen atoms in total. The Bertz CT molecular complexity index is 658. The summed E-state index contributed by atoms with van der Waals surface area (Å²) in [6, 6.07) is 6.39. The second-order valence-corrected chi connectivity index (χ2v) is 5.96. The van der Waals surface area contributed by atoms with Gasteiger partial charge < -0.3 is 14.8 Å². The summed E-state index contributed by atoms with van der Waals surface area (Å²) in [6.07, 6.45) is 7.00. The zero-order valence-corrected chi connectivity index (χ0v) is 13.2. The highest BCUT2D eigenvalue weighted by Gasteiger charge is 2.24.